The maximum Gasteiger partial charge on any atom is 0.308 e. The molecule has 18 heavy (non-hydrogen) atoms. The van der Waals surface area contributed by atoms with Crippen molar-refractivity contribution in [1.29, 1.82) is 0 Å². The lowest BCUT2D eigenvalue weighted by Crippen LogP contribution is -2.52. The molecule has 5 heteroatoms. The molecular weight excluding hydrogens is 232 g/mol. The van der Waals surface area contributed by atoms with Crippen LogP contribution >= 0.6 is 0 Å². The molecule has 0 heterocycles. The monoisotopic (exact) mass is 254 g/mol. The summed E-state index contributed by atoms with van der Waals surface area (Å²) in [5, 5.41) is 12.6. The van der Waals surface area contributed by atoms with E-state index in [1.54, 1.807) is 19.0 Å². The van der Waals surface area contributed by atoms with E-state index in [1.807, 2.05) is 6.92 Å². The van der Waals surface area contributed by atoms with Crippen molar-refractivity contribution in [3.63, 3.8) is 0 Å². The first-order valence-electron chi connectivity index (χ1n) is 6.61. The Bertz CT molecular complexity index is 356. The number of carboxylic acids is 1. The van der Waals surface area contributed by atoms with E-state index in [-0.39, 0.29) is 23.9 Å². The van der Waals surface area contributed by atoms with Gasteiger partial charge in [-0.1, -0.05) is 0 Å². The molecular formula is C13H22N2O3. The minimum Gasteiger partial charge on any atom is -0.481 e. The highest BCUT2D eigenvalue weighted by molar-refractivity contribution is 5.81. The summed E-state index contributed by atoms with van der Waals surface area (Å²) in [6, 6.07) is -0.355. The predicted octanol–water partition coefficient (Wildman–Crippen LogP) is 0.552. The molecule has 1 amide bonds. The zero-order valence-electron chi connectivity index (χ0n) is 11.2. The number of nitrogens with zero attached hydrogens (tertiary/aromatic N) is 1. The van der Waals surface area contributed by atoms with Gasteiger partial charge in [0.1, 0.15) is 0 Å². The van der Waals surface area contributed by atoms with Gasteiger partial charge in [-0.3, -0.25) is 9.59 Å². The molecule has 0 spiro atoms. The Hall–Kier alpha value is -1.10. The molecule has 2 bridgehead atoms. The fourth-order valence-electron chi connectivity index (χ4n) is 3.63. The third-order valence-electron chi connectivity index (χ3n) is 4.46. The Morgan fingerprint density at radius 1 is 1.28 bits per heavy atom. The van der Waals surface area contributed by atoms with E-state index in [0.717, 1.165) is 19.3 Å². The Kier molecular flexibility index (Phi) is 3.61. The topological polar surface area (TPSA) is 69.6 Å². The number of fused-ring (bicyclic) bond motifs is 2. The molecule has 2 aliphatic rings. The number of likely N-dealkylation sites (N-methyl/N-ethyl adjacent to an activating group) is 1. The molecule has 2 rings (SSSR count). The minimum atomic E-state index is -0.718. The van der Waals surface area contributed by atoms with Gasteiger partial charge in [0.15, 0.2) is 0 Å². The van der Waals surface area contributed by atoms with Gasteiger partial charge in [-0.15, -0.1) is 0 Å². The molecule has 0 aromatic carbocycles. The van der Waals surface area contributed by atoms with Crippen LogP contribution in [0.2, 0.25) is 0 Å². The minimum absolute atomic E-state index is 0.00177. The quantitative estimate of drug-likeness (QED) is 0.769. The van der Waals surface area contributed by atoms with Crippen LogP contribution in [0.4, 0.5) is 0 Å². The molecule has 0 radical (unpaired) electrons. The summed E-state index contributed by atoms with van der Waals surface area (Å²) in [5.74, 6) is -0.313. The number of amides is 1. The van der Waals surface area contributed by atoms with Crippen LogP contribution in [0.3, 0.4) is 0 Å². The van der Waals surface area contributed by atoms with Crippen LogP contribution in [0.25, 0.3) is 0 Å². The van der Waals surface area contributed by atoms with Gasteiger partial charge in [0.2, 0.25) is 5.91 Å². The van der Waals surface area contributed by atoms with Crippen molar-refractivity contribution in [2.45, 2.75) is 38.3 Å². The summed E-state index contributed by atoms with van der Waals surface area (Å²) in [6.45, 7) is 1.81. The van der Waals surface area contributed by atoms with E-state index >= 15 is 0 Å². The standard InChI is InChI=1S/C13H22N2O3/c1-7(12(16)15(2)3)14-11-9-5-4-8(6-9)10(11)13(17)18/h7-11,14H,4-6H2,1-3H3,(H,17,18). The van der Waals surface area contributed by atoms with Crippen molar-refractivity contribution in [2.24, 2.45) is 17.8 Å². The first-order chi connectivity index (χ1) is 8.41. The number of nitrogens with one attached hydrogen (secondary N) is 1. The van der Waals surface area contributed by atoms with Gasteiger partial charge >= 0.3 is 5.97 Å². The molecule has 2 N–H and O–H groups in total. The van der Waals surface area contributed by atoms with E-state index in [4.69, 9.17) is 0 Å². The van der Waals surface area contributed by atoms with Crippen LogP contribution in [0.1, 0.15) is 26.2 Å². The first kappa shape index (κ1) is 13.3. The van der Waals surface area contributed by atoms with Crippen molar-refractivity contribution in [1.82, 2.24) is 10.2 Å². The van der Waals surface area contributed by atoms with Crippen molar-refractivity contribution < 1.29 is 14.7 Å². The maximum absolute atomic E-state index is 11.8. The summed E-state index contributed by atoms with van der Waals surface area (Å²) in [5.41, 5.74) is 0. The second kappa shape index (κ2) is 4.88. The third kappa shape index (κ3) is 2.23. The lowest BCUT2D eigenvalue weighted by atomic mass is 9.84. The van der Waals surface area contributed by atoms with Crippen LogP contribution in [-0.4, -0.2) is 48.1 Å². The number of carbonyl (C=O) groups is 2. The zero-order valence-corrected chi connectivity index (χ0v) is 11.2. The first-order valence-corrected chi connectivity index (χ1v) is 6.61. The maximum atomic E-state index is 11.8. The van der Waals surface area contributed by atoms with Crippen LogP contribution in [0.5, 0.6) is 0 Å². The molecule has 2 aliphatic carbocycles. The second-order valence-corrected chi connectivity index (χ2v) is 5.84. The SMILES string of the molecule is CC(NC1C2CCC(C2)C1C(=O)O)C(=O)N(C)C. The Balaban J connectivity index is 2.04. The van der Waals surface area contributed by atoms with Crippen LogP contribution < -0.4 is 5.32 Å². The number of hydrogen-bond acceptors (Lipinski definition) is 3. The summed E-state index contributed by atoms with van der Waals surface area (Å²) in [4.78, 5) is 24.7. The highest BCUT2D eigenvalue weighted by Gasteiger charge is 2.51. The Labute approximate surface area is 108 Å². The summed E-state index contributed by atoms with van der Waals surface area (Å²) < 4.78 is 0. The van der Waals surface area contributed by atoms with Gasteiger partial charge in [-0.25, -0.2) is 0 Å². The van der Waals surface area contributed by atoms with Crippen molar-refractivity contribution in [3.8, 4) is 0 Å². The predicted molar refractivity (Wildman–Crippen MR) is 67.0 cm³/mol. The number of carbonyl (C=O) groups excluding carboxylic acids is 1. The van der Waals surface area contributed by atoms with Gasteiger partial charge in [0.25, 0.3) is 0 Å². The van der Waals surface area contributed by atoms with E-state index < -0.39 is 5.97 Å². The Morgan fingerprint density at radius 2 is 1.89 bits per heavy atom. The molecule has 0 aliphatic heterocycles. The smallest absolute Gasteiger partial charge is 0.308 e. The molecule has 2 fully saturated rings. The Morgan fingerprint density at radius 3 is 2.44 bits per heavy atom. The number of aliphatic carboxylic acids is 1. The highest BCUT2D eigenvalue weighted by Crippen LogP contribution is 2.48. The van der Waals surface area contributed by atoms with Gasteiger partial charge in [0.05, 0.1) is 12.0 Å². The zero-order chi connectivity index (χ0) is 13.4. The van der Waals surface area contributed by atoms with Gasteiger partial charge in [0, 0.05) is 20.1 Å². The van der Waals surface area contributed by atoms with Crippen LogP contribution in [0.15, 0.2) is 0 Å². The van der Waals surface area contributed by atoms with Gasteiger partial charge in [-0.2, -0.15) is 0 Å². The van der Waals surface area contributed by atoms with E-state index in [0.29, 0.717) is 11.8 Å². The fourth-order valence-corrected chi connectivity index (χ4v) is 3.63. The molecule has 2 saturated carbocycles. The third-order valence-corrected chi connectivity index (χ3v) is 4.46. The fraction of sp³-hybridized carbons (Fsp3) is 0.846. The van der Waals surface area contributed by atoms with E-state index in [9.17, 15) is 14.7 Å². The molecule has 5 atom stereocenters. The summed E-state index contributed by atoms with van der Waals surface area (Å²) >= 11 is 0. The van der Waals surface area contributed by atoms with Crippen molar-refractivity contribution in [2.75, 3.05) is 14.1 Å². The van der Waals surface area contributed by atoms with Crippen LogP contribution in [0, 0.1) is 17.8 Å². The van der Waals surface area contributed by atoms with Gasteiger partial charge < -0.3 is 15.3 Å². The normalized spacial score (nSPS) is 35.5. The van der Waals surface area contributed by atoms with Crippen molar-refractivity contribution >= 4 is 11.9 Å². The number of carboxylic acid groups (broad SMARTS) is 1. The van der Waals surface area contributed by atoms with E-state index in [2.05, 4.69) is 5.32 Å². The highest BCUT2D eigenvalue weighted by atomic mass is 16.4. The molecule has 0 aromatic rings. The van der Waals surface area contributed by atoms with Crippen molar-refractivity contribution in [3.05, 3.63) is 0 Å². The average molecular weight is 254 g/mol. The van der Waals surface area contributed by atoms with E-state index in [1.165, 1.54) is 0 Å². The summed E-state index contributed by atoms with van der Waals surface area (Å²) in [6.07, 6.45) is 3.11. The number of rotatable bonds is 4. The van der Waals surface area contributed by atoms with Gasteiger partial charge in [-0.05, 0) is 38.0 Å². The largest absolute Gasteiger partial charge is 0.481 e. The summed E-state index contributed by atoms with van der Waals surface area (Å²) in [7, 11) is 3.44. The molecule has 0 aromatic heterocycles. The molecule has 5 nitrogen and oxygen atoms in total. The lowest BCUT2D eigenvalue weighted by molar-refractivity contribution is -0.145. The second-order valence-electron chi connectivity index (χ2n) is 5.84. The lowest BCUT2D eigenvalue weighted by Gasteiger charge is -2.31. The average Bonchev–Trinajstić information content (AvgIpc) is 2.87. The number of hydrogen-bond donors (Lipinski definition) is 2. The molecule has 102 valence electrons. The van der Waals surface area contributed by atoms with Crippen LogP contribution in [-0.2, 0) is 9.59 Å². The molecule has 5 unspecified atom stereocenters. The molecule has 0 saturated heterocycles.